The van der Waals surface area contributed by atoms with Gasteiger partial charge in [0.25, 0.3) is 11.8 Å². The van der Waals surface area contributed by atoms with Crippen molar-refractivity contribution in [2.45, 2.75) is 19.4 Å². The molecule has 0 aromatic carbocycles. The molecule has 3 amide bonds. The zero-order valence-corrected chi connectivity index (χ0v) is 8.11. The third kappa shape index (κ3) is 1.99. The first-order valence-electron chi connectivity index (χ1n) is 4.32. The van der Waals surface area contributed by atoms with E-state index in [0.717, 1.165) is 4.90 Å². The number of hydrogen-bond donors (Lipinski definition) is 1. The van der Waals surface area contributed by atoms with Crippen LogP contribution in [0.2, 0.25) is 0 Å². The number of nitrogens with zero attached hydrogens (tertiary/aromatic N) is 1. The fourth-order valence-electron chi connectivity index (χ4n) is 1.31. The number of carbonyl (C=O) groups excluding carboxylic acids is 3. The monoisotopic (exact) mass is 196 g/mol. The summed E-state index contributed by atoms with van der Waals surface area (Å²) in [5.74, 6) is -0.900. The van der Waals surface area contributed by atoms with E-state index < -0.39 is 6.04 Å². The van der Waals surface area contributed by atoms with E-state index >= 15 is 0 Å². The highest BCUT2D eigenvalue weighted by Crippen LogP contribution is 2.11. The van der Waals surface area contributed by atoms with Crippen molar-refractivity contribution in [3.05, 3.63) is 12.2 Å². The zero-order chi connectivity index (χ0) is 10.7. The fourth-order valence-corrected chi connectivity index (χ4v) is 1.31. The Morgan fingerprint density at radius 2 is 1.93 bits per heavy atom. The molecule has 5 heteroatoms. The molecule has 14 heavy (non-hydrogen) atoms. The van der Waals surface area contributed by atoms with Gasteiger partial charge in [0, 0.05) is 31.7 Å². The van der Waals surface area contributed by atoms with Gasteiger partial charge in [-0.25, -0.2) is 0 Å². The van der Waals surface area contributed by atoms with Crippen LogP contribution in [0.3, 0.4) is 0 Å². The van der Waals surface area contributed by atoms with Crippen molar-refractivity contribution in [2.75, 3.05) is 7.05 Å². The van der Waals surface area contributed by atoms with Crippen LogP contribution in [0.4, 0.5) is 0 Å². The minimum absolute atomic E-state index is 0.135. The van der Waals surface area contributed by atoms with E-state index in [0.29, 0.717) is 0 Å². The second-order valence-corrected chi connectivity index (χ2v) is 3.11. The Morgan fingerprint density at radius 3 is 2.36 bits per heavy atom. The van der Waals surface area contributed by atoms with E-state index in [1.807, 2.05) is 0 Å². The smallest absolute Gasteiger partial charge is 0.253 e. The molecule has 0 fully saturated rings. The normalized spacial score (nSPS) is 17.4. The van der Waals surface area contributed by atoms with Crippen molar-refractivity contribution >= 4 is 17.7 Å². The van der Waals surface area contributed by atoms with E-state index in [9.17, 15) is 14.4 Å². The van der Waals surface area contributed by atoms with Gasteiger partial charge in [-0.3, -0.25) is 19.3 Å². The molecular weight excluding hydrogens is 184 g/mol. The van der Waals surface area contributed by atoms with Crippen molar-refractivity contribution in [3.63, 3.8) is 0 Å². The molecule has 0 aromatic rings. The largest absolute Gasteiger partial charge is 0.359 e. The number of carbonyl (C=O) groups is 3. The Bertz CT molecular complexity index is 291. The van der Waals surface area contributed by atoms with E-state index in [1.165, 1.54) is 19.2 Å². The van der Waals surface area contributed by atoms with Crippen molar-refractivity contribution < 1.29 is 14.4 Å². The molecule has 0 saturated carbocycles. The van der Waals surface area contributed by atoms with Gasteiger partial charge in [0.15, 0.2) is 0 Å². The highest BCUT2D eigenvalue weighted by atomic mass is 16.2. The quantitative estimate of drug-likeness (QED) is 0.615. The third-order valence-electron chi connectivity index (χ3n) is 2.04. The molecule has 1 N–H and O–H groups in total. The molecule has 1 aliphatic rings. The van der Waals surface area contributed by atoms with Crippen LogP contribution in [0.5, 0.6) is 0 Å². The predicted molar refractivity (Wildman–Crippen MR) is 49.1 cm³/mol. The van der Waals surface area contributed by atoms with Crippen molar-refractivity contribution in [1.29, 1.82) is 0 Å². The summed E-state index contributed by atoms with van der Waals surface area (Å²) in [6, 6.07) is -0.398. The van der Waals surface area contributed by atoms with Crippen molar-refractivity contribution in [2.24, 2.45) is 0 Å². The molecule has 0 radical (unpaired) electrons. The highest BCUT2D eigenvalue weighted by Gasteiger charge is 2.29. The number of amides is 3. The van der Waals surface area contributed by atoms with Crippen LogP contribution in [0.1, 0.15) is 13.3 Å². The van der Waals surface area contributed by atoms with Gasteiger partial charge in [-0.15, -0.1) is 0 Å². The molecule has 0 saturated heterocycles. The summed E-state index contributed by atoms with van der Waals surface area (Å²) in [7, 11) is 1.51. The van der Waals surface area contributed by atoms with Crippen LogP contribution in [0.25, 0.3) is 0 Å². The van der Waals surface area contributed by atoms with Crippen LogP contribution >= 0.6 is 0 Å². The summed E-state index contributed by atoms with van der Waals surface area (Å²) in [6.07, 6.45) is 2.56. The summed E-state index contributed by atoms with van der Waals surface area (Å²) >= 11 is 0. The number of hydrogen-bond acceptors (Lipinski definition) is 3. The maximum absolute atomic E-state index is 11.2. The van der Waals surface area contributed by atoms with Crippen LogP contribution < -0.4 is 5.32 Å². The van der Waals surface area contributed by atoms with E-state index in [4.69, 9.17) is 0 Å². The lowest BCUT2D eigenvalue weighted by Gasteiger charge is -2.21. The topological polar surface area (TPSA) is 66.5 Å². The Balaban J connectivity index is 2.61. The maximum atomic E-state index is 11.2. The SMILES string of the molecule is CNC(=O)CC(C)N1C(=O)C=CC1=O. The first kappa shape index (κ1) is 10.4. The van der Waals surface area contributed by atoms with E-state index in [1.54, 1.807) is 6.92 Å². The number of nitrogens with one attached hydrogen (secondary N) is 1. The van der Waals surface area contributed by atoms with Crippen LogP contribution in [0, 0.1) is 0 Å². The Kier molecular flexibility index (Phi) is 3.01. The molecule has 5 nitrogen and oxygen atoms in total. The first-order chi connectivity index (χ1) is 6.56. The summed E-state index contributed by atoms with van der Waals surface area (Å²) in [5.41, 5.74) is 0. The molecule has 76 valence electrons. The average molecular weight is 196 g/mol. The molecule has 1 unspecified atom stereocenters. The minimum Gasteiger partial charge on any atom is -0.359 e. The molecular formula is C9H12N2O3. The Hall–Kier alpha value is -1.65. The lowest BCUT2D eigenvalue weighted by atomic mass is 10.2. The van der Waals surface area contributed by atoms with Gasteiger partial charge in [0.1, 0.15) is 0 Å². The predicted octanol–water partition coefficient (Wildman–Crippen LogP) is -0.564. The van der Waals surface area contributed by atoms with Crippen molar-refractivity contribution in [3.8, 4) is 0 Å². The Labute approximate surface area is 81.8 Å². The zero-order valence-electron chi connectivity index (χ0n) is 8.11. The molecule has 0 bridgehead atoms. The van der Waals surface area contributed by atoms with E-state index in [2.05, 4.69) is 5.32 Å². The lowest BCUT2D eigenvalue weighted by molar-refractivity contribution is -0.139. The van der Waals surface area contributed by atoms with Gasteiger partial charge in [-0.2, -0.15) is 0 Å². The molecule has 1 rings (SSSR count). The highest BCUT2D eigenvalue weighted by molar-refractivity contribution is 6.13. The van der Waals surface area contributed by atoms with Crippen molar-refractivity contribution in [1.82, 2.24) is 10.2 Å². The lowest BCUT2D eigenvalue weighted by Crippen LogP contribution is -2.40. The van der Waals surface area contributed by atoms with E-state index in [-0.39, 0.29) is 24.1 Å². The maximum Gasteiger partial charge on any atom is 0.253 e. The summed E-state index contributed by atoms with van der Waals surface area (Å²) in [5, 5.41) is 2.44. The molecule has 0 spiro atoms. The van der Waals surface area contributed by atoms with Crippen LogP contribution in [-0.4, -0.2) is 35.7 Å². The van der Waals surface area contributed by atoms with Gasteiger partial charge >= 0.3 is 0 Å². The van der Waals surface area contributed by atoms with Gasteiger partial charge in [0.05, 0.1) is 0 Å². The van der Waals surface area contributed by atoms with Gasteiger partial charge in [-0.05, 0) is 6.92 Å². The number of imide groups is 1. The molecule has 1 aliphatic heterocycles. The molecule has 1 heterocycles. The van der Waals surface area contributed by atoms with Gasteiger partial charge < -0.3 is 5.32 Å². The summed E-state index contributed by atoms with van der Waals surface area (Å²) in [6.45, 7) is 1.66. The number of rotatable bonds is 3. The average Bonchev–Trinajstić information content (AvgIpc) is 2.46. The minimum atomic E-state index is -0.398. The Morgan fingerprint density at radius 1 is 1.43 bits per heavy atom. The van der Waals surface area contributed by atoms with Gasteiger partial charge in [0.2, 0.25) is 5.91 Å². The second-order valence-electron chi connectivity index (χ2n) is 3.11. The first-order valence-corrected chi connectivity index (χ1v) is 4.32. The molecule has 1 atom stereocenters. The van der Waals surface area contributed by atoms with Crippen LogP contribution in [-0.2, 0) is 14.4 Å². The van der Waals surface area contributed by atoms with Gasteiger partial charge in [-0.1, -0.05) is 0 Å². The summed E-state index contributed by atoms with van der Waals surface area (Å²) in [4.78, 5) is 34.5. The third-order valence-corrected chi connectivity index (χ3v) is 2.04. The standard InChI is InChI=1S/C9H12N2O3/c1-6(5-7(12)10-2)11-8(13)3-4-9(11)14/h3-4,6H,5H2,1-2H3,(H,10,12). The molecule has 0 aliphatic carbocycles. The fraction of sp³-hybridized carbons (Fsp3) is 0.444. The van der Waals surface area contributed by atoms with Crippen LogP contribution in [0.15, 0.2) is 12.2 Å². The molecule has 0 aromatic heterocycles. The summed E-state index contributed by atoms with van der Waals surface area (Å²) < 4.78 is 0. The second kappa shape index (κ2) is 4.04.